The lowest BCUT2D eigenvalue weighted by Gasteiger charge is -2.31. The van der Waals surface area contributed by atoms with E-state index in [1.165, 1.54) is 5.39 Å². The van der Waals surface area contributed by atoms with E-state index in [-0.39, 0.29) is 24.9 Å². The van der Waals surface area contributed by atoms with Gasteiger partial charge in [0, 0.05) is 19.1 Å². The number of halogens is 1. The molecule has 1 fully saturated rings. The van der Waals surface area contributed by atoms with Crippen LogP contribution in [0.5, 0.6) is 5.75 Å². The Morgan fingerprint density at radius 1 is 1.17 bits per heavy atom. The highest BCUT2D eigenvalue weighted by Gasteiger charge is 2.21. The van der Waals surface area contributed by atoms with Crippen LogP contribution in [0, 0.1) is 0 Å². The Bertz CT molecular complexity index is 654. The van der Waals surface area contributed by atoms with Crippen molar-refractivity contribution in [1.82, 2.24) is 10.2 Å². The van der Waals surface area contributed by atoms with Crippen LogP contribution >= 0.6 is 12.4 Å². The molecule has 2 aromatic rings. The van der Waals surface area contributed by atoms with Crippen molar-refractivity contribution < 1.29 is 9.53 Å². The molecule has 0 radical (unpaired) electrons. The summed E-state index contributed by atoms with van der Waals surface area (Å²) in [5.74, 6) is 0.819. The number of fused-ring (bicyclic) bond motifs is 1. The molecule has 0 spiro atoms. The summed E-state index contributed by atoms with van der Waals surface area (Å²) in [6, 6.07) is 14.6. The zero-order valence-electron chi connectivity index (χ0n) is 13.3. The molecule has 4 nitrogen and oxygen atoms in total. The number of benzene rings is 2. The van der Waals surface area contributed by atoms with Gasteiger partial charge in [0.25, 0.3) is 5.91 Å². The van der Waals surface area contributed by atoms with Crippen LogP contribution in [0.15, 0.2) is 42.5 Å². The number of piperidine rings is 1. The molecular weight excluding hydrogens is 312 g/mol. The number of carbonyl (C=O) groups is 1. The van der Waals surface area contributed by atoms with Crippen molar-refractivity contribution in [2.24, 2.45) is 0 Å². The third-order valence-electron chi connectivity index (χ3n) is 4.34. The monoisotopic (exact) mass is 334 g/mol. The zero-order chi connectivity index (χ0) is 15.4. The summed E-state index contributed by atoms with van der Waals surface area (Å²) >= 11 is 0. The maximum atomic E-state index is 12.2. The van der Waals surface area contributed by atoms with Crippen molar-refractivity contribution in [3.05, 3.63) is 42.5 Å². The van der Waals surface area contributed by atoms with Gasteiger partial charge in [-0.05, 0) is 42.8 Å². The summed E-state index contributed by atoms with van der Waals surface area (Å²) in [4.78, 5) is 14.1. The van der Waals surface area contributed by atoms with E-state index in [1.807, 2.05) is 48.3 Å². The van der Waals surface area contributed by atoms with E-state index in [0.29, 0.717) is 6.04 Å². The molecule has 2 aromatic carbocycles. The summed E-state index contributed by atoms with van der Waals surface area (Å²) in [7, 11) is 1.98. The Hall–Kier alpha value is -1.78. The SMILES string of the molecule is CNC1CCN(C(=O)COc2ccc3ccccc3c2)CC1.Cl. The van der Waals surface area contributed by atoms with Crippen molar-refractivity contribution in [2.45, 2.75) is 18.9 Å². The number of hydrogen-bond donors (Lipinski definition) is 1. The average Bonchev–Trinajstić information content (AvgIpc) is 2.59. The Morgan fingerprint density at radius 3 is 2.57 bits per heavy atom. The lowest BCUT2D eigenvalue weighted by Crippen LogP contribution is -2.45. The fraction of sp³-hybridized carbons (Fsp3) is 0.389. The van der Waals surface area contributed by atoms with Gasteiger partial charge < -0.3 is 15.0 Å². The van der Waals surface area contributed by atoms with Crippen LogP contribution in [0.2, 0.25) is 0 Å². The van der Waals surface area contributed by atoms with Gasteiger partial charge in [-0.3, -0.25) is 4.79 Å². The summed E-state index contributed by atoms with van der Waals surface area (Å²) < 4.78 is 5.68. The minimum Gasteiger partial charge on any atom is -0.484 e. The molecule has 1 heterocycles. The van der Waals surface area contributed by atoms with Crippen LogP contribution in [-0.4, -0.2) is 43.6 Å². The highest BCUT2D eigenvalue weighted by Crippen LogP contribution is 2.20. The van der Waals surface area contributed by atoms with Gasteiger partial charge in [0.1, 0.15) is 5.75 Å². The number of nitrogens with zero attached hydrogens (tertiary/aromatic N) is 1. The second kappa shape index (κ2) is 8.18. The minimum absolute atomic E-state index is 0. The van der Waals surface area contributed by atoms with Crippen LogP contribution in [-0.2, 0) is 4.79 Å². The van der Waals surface area contributed by atoms with Crippen molar-refractivity contribution in [3.8, 4) is 5.75 Å². The van der Waals surface area contributed by atoms with Gasteiger partial charge in [0.05, 0.1) is 0 Å². The smallest absolute Gasteiger partial charge is 0.260 e. The first-order valence-electron chi connectivity index (χ1n) is 7.83. The van der Waals surface area contributed by atoms with E-state index >= 15 is 0 Å². The van der Waals surface area contributed by atoms with Crippen LogP contribution < -0.4 is 10.1 Å². The minimum atomic E-state index is 0. The lowest BCUT2D eigenvalue weighted by atomic mass is 10.1. The van der Waals surface area contributed by atoms with Crippen LogP contribution in [0.1, 0.15) is 12.8 Å². The number of amides is 1. The number of ether oxygens (including phenoxy) is 1. The van der Waals surface area contributed by atoms with E-state index in [1.54, 1.807) is 0 Å². The highest BCUT2D eigenvalue weighted by atomic mass is 35.5. The maximum absolute atomic E-state index is 12.2. The molecule has 1 aliphatic heterocycles. The first-order valence-corrected chi connectivity index (χ1v) is 7.83. The molecule has 1 amide bonds. The Morgan fingerprint density at radius 2 is 1.87 bits per heavy atom. The van der Waals surface area contributed by atoms with Crippen LogP contribution in [0.4, 0.5) is 0 Å². The maximum Gasteiger partial charge on any atom is 0.260 e. The van der Waals surface area contributed by atoms with Gasteiger partial charge in [-0.1, -0.05) is 30.3 Å². The largest absolute Gasteiger partial charge is 0.484 e. The zero-order valence-corrected chi connectivity index (χ0v) is 14.1. The predicted molar refractivity (Wildman–Crippen MR) is 95.4 cm³/mol. The third kappa shape index (κ3) is 4.36. The number of nitrogens with one attached hydrogen (secondary N) is 1. The van der Waals surface area contributed by atoms with Crippen LogP contribution in [0.3, 0.4) is 0 Å². The molecule has 0 aromatic heterocycles. The molecule has 0 atom stereocenters. The molecule has 5 heteroatoms. The molecule has 124 valence electrons. The second-order valence-corrected chi connectivity index (χ2v) is 5.74. The topological polar surface area (TPSA) is 41.6 Å². The first kappa shape index (κ1) is 17.6. The van der Waals surface area contributed by atoms with E-state index < -0.39 is 0 Å². The van der Waals surface area contributed by atoms with Gasteiger partial charge >= 0.3 is 0 Å². The van der Waals surface area contributed by atoms with E-state index in [9.17, 15) is 4.79 Å². The lowest BCUT2D eigenvalue weighted by molar-refractivity contribution is -0.134. The van der Waals surface area contributed by atoms with Crippen molar-refractivity contribution >= 4 is 29.1 Å². The normalized spacial score (nSPS) is 15.3. The third-order valence-corrected chi connectivity index (χ3v) is 4.34. The summed E-state index contributed by atoms with van der Waals surface area (Å²) in [5, 5.41) is 5.57. The Balaban J connectivity index is 0.00000192. The molecule has 1 aliphatic rings. The molecule has 0 bridgehead atoms. The summed E-state index contributed by atoms with van der Waals surface area (Å²) in [5.41, 5.74) is 0. The highest BCUT2D eigenvalue weighted by molar-refractivity contribution is 5.85. The van der Waals surface area contributed by atoms with E-state index in [0.717, 1.165) is 37.1 Å². The summed E-state index contributed by atoms with van der Waals surface area (Å²) in [6.45, 7) is 1.74. The van der Waals surface area contributed by atoms with Gasteiger partial charge in [0.15, 0.2) is 6.61 Å². The van der Waals surface area contributed by atoms with Gasteiger partial charge in [-0.25, -0.2) is 0 Å². The number of rotatable bonds is 4. The molecular formula is C18H23ClN2O2. The van der Waals surface area contributed by atoms with Crippen molar-refractivity contribution in [1.29, 1.82) is 0 Å². The molecule has 1 N–H and O–H groups in total. The first-order chi connectivity index (χ1) is 10.8. The van der Waals surface area contributed by atoms with Crippen LogP contribution in [0.25, 0.3) is 10.8 Å². The fourth-order valence-electron chi connectivity index (χ4n) is 2.91. The van der Waals surface area contributed by atoms with Crippen molar-refractivity contribution in [3.63, 3.8) is 0 Å². The average molecular weight is 335 g/mol. The number of carbonyl (C=O) groups excluding carboxylic acids is 1. The van der Waals surface area contributed by atoms with Gasteiger partial charge in [0.2, 0.25) is 0 Å². The molecule has 1 saturated heterocycles. The standard InChI is InChI=1S/C18H22N2O2.ClH/c1-19-16-8-10-20(11-9-16)18(21)13-22-17-7-6-14-4-2-3-5-15(14)12-17;/h2-7,12,16,19H,8-11,13H2,1H3;1H. The molecule has 3 rings (SSSR count). The molecule has 23 heavy (non-hydrogen) atoms. The Kier molecular flexibility index (Phi) is 6.25. The van der Waals surface area contributed by atoms with E-state index in [4.69, 9.17) is 4.74 Å². The fourth-order valence-corrected chi connectivity index (χ4v) is 2.91. The molecule has 0 unspecified atom stereocenters. The summed E-state index contributed by atoms with van der Waals surface area (Å²) in [6.07, 6.45) is 2.02. The second-order valence-electron chi connectivity index (χ2n) is 5.74. The van der Waals surface area contributed by atoms with Gasteiger partial charge in [-0.15, -0.1) is 12.4 Å². The number of hydrogen-bond acceptors (Lipinski definition) is 3. The van der Waals surface area contributed by atoms with Crippen molar-refractivity contribution in [2.75, 3.05) is 26.7 Å². The molecule has 0 aliphatic carbocycles. The number of likely N-dealkylation sites (tertiary alicyclic amines) is 1. The quantitative estimate of drug-likeness (QED) is 0.934. The predicted octanol–water partition coefficient (Wildman–Crippen LogP) is 2.85. The Labute approximate surface area is 143 Å². The molecule has 0 saturated carbocycles. The van der Waals surface area contributed by atoms with Gasteiger partial charge in [-0.2, -0.15) is 0 Å². The van der Waals surface area contributed by atoms with E-state index in [2.05, 4.69) is 11.4 Å².